The lowest BCUT2D eigenvalue weighted by Gasteiger charge is -2.15. The van der Waals surface area contributed by atoms with E-state index < -0.39 is 5.97 Å². The second-order valence-electron chi connectivity index (χ2n) is 6.14. The fraction of sp³-hybridized carbons (Fsp3) is 0.182. The van der Waals surface area contributed by atoms with Crippen molar-refractivity contribution in [3.05, 3.63) is 82.6 Å². The Bertz CT molecular complexity index is 942. The SMILES string of the molecule is CCCc1nc(COc2ccccc2)c(C(=O)O)cc1-c1cccc(Cl)c1. The van der Waals surface area contributed by atoms with E-state index in [2.05, 4.69) is 11.9 Å². The predicted molar refractivity (Wildman–Crippen MR) is 106 cm³/mol. The number of pyridine rings is 1. The molecule has 0 aliphatic carbocycles. The molecule has 0 spiro atoms. The van der Waals surface area contributed by atoms with Crippen molar-refractivity contribution in [1.29, 1.82) is 0 Å². The number of aromatic carboxylic acids is 1. The molecular weight excluding hydrogens is 362 g/mol. The highest BCUT2D eigenvalue weighted by atomic mass is 35.5. The number of aromatic nitrogens is 1. The molecule has 4 nitrogen and oxygen atoms in total. The van der Waals surface area contributed by atoms with Crippen molar-refractivity contribution in [2.75, 3.05) is 0 Å². The normalized spacial score (nSPS) is 10.6. The minimum Gasteiger partial charge on any atom is -0.487 e. The zero-order chi connectivity index (χ0) is 19.2. The Hall–Kier alpha value is -2.85. The van der Waals surface area contributed by atoms with Crippen LogP contribution in [0.1, 0.15) is 35.1 Å². The molecule has 27 heavy (non-hydrogen) atoms. The Kier molecular flexibility index (Phi) is 6.09. The van der Waals surface area contributed by atoms with Crippen LogP contribution < -0.4 is 4.74 Å². The Labute approximate surface area is 163 Å². The van der Waals surface area contributed by atoms with Gasteiger partial charge in [0.05, 0.1) is 11.3 Å². The molecule has 0 atom stereocenters. The monoisotopic (exact) mass is 381 g/mol. The number of nitrogens with zero attached hydrogens (tertiary/aromatic N) is 1. The van der Waals surface area contributed by atoms with Crippen LogP contribution >= 0.6 is 11.6 Å². The first-order chi connectivity index (χ1) is 13.1. The average molecular weight is 382 g/mol. The van der Waals surface area contributed by atoms with Crippen LogP contribution in [0, 0.1) is 0 Å². The van der Waals surface area contributed by atoms with Crippen LogP contribution in [0.3, 0.4) is 0 Å². The summed E-state index contributed by atoms with van der Waals surface area (Å²) in [6.07, 6.45) is 1.63. The van der Waals surface area contributed by atoms with Gasteiger partial charge in [0.15, 0.2) is 0 Å². The van der Waals surface area contributed by atoms with Crippen molar-refractivity contribution in [2.24, 2.45) is 0 Å². The van der Waals surface area contributed by atoms with Gasteiger partial charge in [0.2, 0.25) is 0 Å². The number of carbonyl (C=O) groups is 1. The van der Waals surface area contributed by atoms with E-state index >= 15 is 0 Å². The van der Waals surface area contributed by atoms with Crippen LogP contribution in [-0.4, -0.2) is 16.1 Å². The quantitative estimate of drug-likeness (QED) is 0.576. The van der Waals surface area contributed by atoms with Gasteiger partial charge in [-0.15, -0.1) is 0 Å². The number of rotatable bonds is 7. The van der Waals surface area contributed by atoms with Crippen molar-refractivity contribution in [3.63, 3.8) is 0 Å². The smallest absolute Gasteiger partial charge is 0.337 e. The van der Waals surface area contributed by atoms with Crippen LogP contribution in [-0.2, 0) is 13.0 Å². The molecular formula is C22H20ClNO3. The molecule has 1 aromatic heterocycles. The molecule has 0 saturated heterocycles. The average Bonchev–Trinajstić information content (AvgIpc) is 2.67. The number of carboxylic acids is 1. The fourth-order valence-corrected chi connectivity index (χ4v) is 3.08. The lowest BCUT2D eigenvalue weighted by Crippen LogP contribution is -2.11. The Morgan fingerprint density at radius 1 is 1.07 bits per heavy atom. The van der Waals surface area contributed by atoms with Gasteiger partial charge in [-0.25, -0.2) is 4.79 Å². The number of halogens is 1. The summed E-state index contributed by atoms with van der Waals surface area (Å²) >= 11 is 6.12. The summed E-state index contributed by atoms with van der Waals surface area (Å²) in [7, 11) is 0. The first-order valence-electron chi connectivity index (χ1n) is 8.78. The maximum atomic E-state index is 11.8. The molecule has 0 unspecified atom stereocenters. The third kappa shape index (κ3) is 4.66. The third-order valence-electron chi connectivity index (χ3n) is 4.15. The van der Waals surface area contributed by atoms with Crippen molar-refractivity contribution < 1.29 is 14.6 Å². The number of hydrogen-bond acceptors (Lipinski definition) is 3. The van der Waals surface area contributed by atoms with Gasteiger partial charge in [-0.05, 0) is 42.3 Å². The molecule has 5 heteroatoms. The van der Waals surface area contributed by atoms with Crippen LogP contribution in [0.25, 0.3) is 11.1 Å². The van der Waals surface area contributed by atoms with E-state index in [0.717, 1.165) is 29.7 Å². The van der Waals surface area contributed by atoms with Crippen molar-refractivity contribution >= 4 is 17.6 Å². The number of hydrogen-bond donors (Lipinski definition) is 1. The third-order valence-corrected chi connectivity index (χ3v) is 4.39. The van der Waals surface area contributed by atoms with E-state index in [1.54, 1.807) is 12.1 Å². The van der Waals surface area contributed by atoms with Gasteiger partial charge in [-0.1, -0.05) is 55.3 Å². The van der Waals surface area contributed by atoms with Crippen molar-refractivity contribution in [3.8, 4) is 16.9 Å². The Morgan fingerprint density at radius 2 is 1.85 bits per heavy atom. The van der Waals surface area contributed by atoms with Gasteiger partial charge in [0.25, 0.3) is 0 Å². The minimum atomic E-state index is -1.03. The summed E-state index contributed by atoms with van der Waals surface area (Å²) in [4.78, 5) is 16.5. The second kappa shape index (κ2) is 8.69. The van der Waals surface area contributed by atoms with Gasteiger partial charge < -0.3 is 9.84 Å². The highest BCUT2D eigenvalue weighted by Gasteiger charge is 2.18. The standard InChI is InChI=1S/C22H20ClNO3/c1-2-7-20-18(15-8-6-9-16(23)12-15)13-19(22(25)26)21(24-20)14-27-17-10-4-3-5-11-17/h3-6,8-13H,2,7,14H2,1H3,(H,25,26). The largest absolute Gasteiger partial charge is 0.487 e. The summed E-state index contributed by atoms with van der Waals surface area (Å²) < 4.78 is 5.73. The molecule has 2 aromatic carbocycles. The molecule has 0 aliphatic heterocycles. The minimum absolute atomic E-state index is 0.0954. The van der Waals surface area contributed by atoms with Crippen LogP contribution in [0.4, 0.5) is 0 Å². The van der Waals surface area contributed by atoms with E-state index in [1.165, 1.54) is 0 Å². The van der Waals surface area contributed by atoms with Gasteiger partial charge in [-0.3, -0.25) is 4.98 Å². The number of para-hydroxylation sites is 1. The molecule has 0 fully saturated rings. The molecule has 0 saturated carbocycles. The van der Waals surface area contributed by atoms with Gasteiger partial charge >= 0.3 is 5.97 Å². The van der Waals surface area contributed by atoms with E-state index in [-0.39, 0.29) is 12.2 Å². The van der Waals surface area contributed by atoms with Crippen molar-refractivity contribution in [2.45, 2.75) is 26.4 Å². The zero-order valence-corrected chi connectivity index (χ0v) is 15.7. The highest BCUT2D eigenvalue weighted by Crippen LogP contribution is 2.29. The molecule has 138 valence electrons. The fourth-order valence-electron chi connectivity index (χ4n) is 2.89. The van der Waals surface area contributed by atoms with E-state index in [9.17, 15) is 9.90 Å². The molecule has 1 N–H and O–H groups in total. The topological polar surface area (TPSA) is 59.4 Å². The maximum absolute atomic E-state index is 11.8. The number of benzene rings is 2. The maximum Gasteiger partial charge on any atom is 0.337 e. The molecule has 0 aliphatic rings. The molecule has 0 bridgehead atoms. The molecule has 3 aromatic rings. The molecule has 1 heterocycles. The van der Waals surface area contributed by atoms with E-state index in [1.807, 2.05) is 48.5 Å². The zero-order valence-electron chi connectivity index (χ0n) is 15.0. The van der Waals surface area contributed by atoms with E-state index in [4.69, 9.17) is 16.3 Å². The highest BCUT2D eigenvalue weighted by molar-refractivity contribution is 6.30. The molecule has 0 radical (unpaired) electrons. The lowest BCUT2D eigenvalue weighted by atomic mass is 9.98. The summed E-state index contributed by atoms with van der Waals surface area (Å²) in [5.74, 6) is -0.355. The lowest BCUT2D eigenvalue weighted by molar-refractivity contribution is 0.0693. The first-order valence-corrected chi connectivity index (χ1v) is 9.16. The molecule has 3 rings (SSSR count). The second-order valence-corrected chi connectivity index (χ2v) is 6.58. The van der Waals surface area contributed by atoms with Gasteiger partial charge in [-0.2, -0.15) is 0 Å². The first kappa shape index (κ1) is 18.9. The number of ether oxygens (including phenoxy) is 1. The Morgan fingerprint density at radius 3 is 2.52 bits per heavy atom. The summed E-state index contributed by atoms with van der Waals surface area (Å²) in [5, 5.41) is 10.3. The van der Waals surface area contributed by atoms with Gasteiger partial charge in [0.1, 0.15) is 12.4 Å². The number of aryl methyl sites for hydroxylation is 1. The summed E-state index contributed by atoms with van der Waals surface area (Å²) in [6, 6.07) is 18.3. The predicted octanol–water partition coefficient (Wildman–Crippen LogP) is 5.63. The van der Waals surface area contributed by atoms with E-state index in [0.29, 0.717) is 16.5 Å². The Balaban J connectivity index is 2.03. The van der Waals surface area contributed by atoms with Crippen LogP contribution in [0.5, 0.6) is 5.75 Å². The van der Waals surface area contributed by atoms with Crippen molar-refractivity contribution in [1.82, 2.24) is 4.98 Å². The summed E-state index contributed by atoms with van der Waals surface area (Å²) in [6.45, 7) is 2.16. The van der Waals surface area contributed by atoms with Crippen LogP contribution in [0.15, 0.2) is 60.7 Å². The number of carboxylic acid groups (broad SMARTS) is 1. The van der Waals surface area contributed by atoms with Gasteiger partial charge in [0, 0.05) is 16.3 Å². The molecule has 0 amide bonds. The summed E-state index contributed by atoms with van der Waals surface area (Å²) in [5.41, 5.74) is 3.05. The van der Waals surface area contributed by atoms with Crippen LogP contribution in [0.2, 0.25) is 5.02 Å².